The molecule has 0 bridgehead atoms. The fourth-order valence-electron chi connectivity index (χ4n) is 4.68. The van der Waals surface area contributed by atoms with Crippen LogP contribution in [-0.2, 0) is 19.6 Å². The van der Waals surface area contributed by atoms with Gasteiger partial charge in [0.2, 0.25) is 15.9 Å². The number of carbonyl (C=O) groups is 1. The van der Waals surface area contributed by atoms with Crippen molar-refractivity contribution in [2.45, 2.75) is 68.5 Å². The summed E-state index contributed by atoms with van der Waals surface area (Å²) in [5.41, 5.74) is 1.01. The van der Waals surface area contributed by atoms with Gasteiger partial charge in [-0.05, 0) is 44.7 Å². The highest BCUT2D eigenvalue weighted by Crippen LogP contribution is 2.32. The van der Waals surface area contributed by atoms with E-state index in [9.17, 15) is 13.2 Å². The Labute approximate surface area is 161 Å². The molecule has 148 valence electrons. The third-order valence-corrected chi connectivity index (χ3v) is 8.05. The van der Waals surface area contributed by atoms with Crippen molar-refractivity contribution >= 4 is 15.9 Å². The maximum Gasteiger partial charge on any atom is 0.243 e. The second kappa shape index (κ2) is 7.53. The zero-order valence-electron chi connectivity index (χ0n) is 15.8. The van der Waals surface area contributed by atoms with Gasteiger partial charge in [-0.25, -0.2) is 8.42 Å². The zero-order valence-corrected chi connectivity index (χ0v) is 16.7. The first kappa shape index (κ1) is 18.9. The lowest BCUT2D eigenvalue weighted by molar-refractivity contribution is -0.152. The second-order valence-electron chi connectivity index (χ2n) is 7.88. The normalized spacial score (nSPS) is 29.5. The predicted octanol–water partition coefficient (Wildman–Crippen LogP) is 2.32. The number of amides is 1. The molecule has 2 heterocycles. The number of ether oxygens (including phenoxy) is 1. The number of hydrogen-bond acceptors (Lipinski definition) is 4. The summed E-state index contributed by atoms with van der Waals surface area (Å²) in [6.07, 6.45) is 5.61. The van der Waals surface area contributed by atoms with Crippen LogP contribution in [0.1, 0.15) is 44.1 Å². The molecule has 1 amide bonds. The molecule has 27 heavy (non-hydrogen) atoms. The largest absolute Gasteiger partial charge is 0.374 e. The molecule has 6 nitrogen and oxygen atoms in total. The average Bonchev–Trinajstić information content (AvgIpc) is 3.18. The van der Waals surface area contributed by atoms with Gasteiger partial charge in [-0.2, -0.15) is 4.31 Å². The van der Waals surface area contributed by atoms with Crippen LogP contribution in [0.2, 0.25) is 0 Å². The SMILES string of the molecule is Cc1ccc(S(=O)(=O)N2CCC[C@H]2C(=O)N2CCO[C@@H]3CCCC[C@H]32)cc1. The third kappa shape index (κ3) is 3.52. The van der Waals surface area contributed by atoms with Crippen molar-refractivity contribution in [2.24, 2.45) is 0 Å². The Bertz CT molecular complexity index is 791. The molecular weight excluding hydrogens is 364 g/mol. The Morgan fingerprint density at radius 3 is 2.56 bits per heavy atom. The molecule has 3 aliphatic rings. The Morgan fingerprint density at radius 2 is 1.78 bits per heavy atom. The summed E-state index contributed by atoms with van der Waals surface area (Å²) >= 11 is 0. The van der Waals surface area contributed by atoms with E-state index < -0.39 is 16.1 Å². The monoisotopic (exact) mass is 392 g/mol. The summed E-state index contributed by atoms with van der Waals surface area (Å²) in [5, 5.41) is 0. The summed E-state index contributed by atoms with van der Waals surface area (Å²) in [5.74, 6) is -0.0385. The fourth-order valence-corrected chi connectivity index (χ4v) is 6.33. The minimum absolute atomic E-state index is 0.0385. The molecule has 1 aromatic carbocycles. The summed E-state index contributed by atoms with van der Waals surface area (Å²) in [4.78, 5) is 15.5. The van der Waals surface area contributed by atoms with E-state index in [2.05, 4.69) is 0 Å². The van der Waals surface area contributed by atoms with Gasteiger partial charge in [-0.15, -0.1) is 0 Å². The number of fused-ring (bicyclic) bond motifs is 1. The number of benzene rings is 1. The maximum absolute atomic E-state index is 13.4. The first-order valence-corrected chi connectivity index (χ1v) is 11.4. The first-order valence-electron chi connectivity index (χ1n) is 9.99. The van der Waals surface area contributed by atoms with E-state index in [1.807, 2.05) is 11.8 Å². The van der Waals surface area contributed by atoms with Crippen molar-refractivity contribution in [3.05, 3.63) is 29.8 Å². The van der Waals surface area contributed by atoms with Crippen LogP contribution in [0.15, 0.2) is 29.2 Å². The summed E-state index contributed by atoms with van der Waals surface area (Å²) in [7, 11) is -3.66. The molecule has 1 saturated carbocycles. The quantitative estimate of drug-likeness (QED) is 0.792. The molecule has 4 rings (SSSR count). The minimum Gasteiger partial charge on any atom is -0.374 e. The Balaban J connectivity index is 1.57. The van der Waals surface area contributed by atoms with E-state index in [1.54, 1.807) is 24.3 Å². The lowest BCUT2D eigenvalue weighted by atomic mass is 9.89. The highest BCUT2D eigenvalue weighted by Gasteiger charge is 2.45. The summed E-state index contributed by atoms with van der Waals surface area (Å²) in [6.45, 7) is 3.45. The summed E-state index contributed by atoms with van der Waals surface area (Å²) < 4.78 is 33.6. The fraction of sp³-hybridized carbons (Fsp3) is 0.650. The Morgan fingerprint density at radius 1 is 1.04 bits per heavy atom. The van der Waals surface area contributed by atoms with Crippen LogP contribution >= 0.6 is 0 Å². The van der Waals surface area contributed by atoms with E-state index in [0.717, 1.165) is 37.7 Å². The van der Waals surface area contributed by atoms with Crippen LogP contribution in [0.5, 0.6) is 0 Å². The molecule has 3 fully saturated rings. The molecule has 0 aromatic heterocycles. The molecule has 2 saturated heterocycles. The number of morpholine rings is 1. The van der Waals surface area contributed by atoms with Crippen LogP contribution in [0.25, 0.3) is 0 Å². The number of hydrogen-bond donors (Lipinski definition) is 0. The maximum atomic E-state index is 13.4. The number of nitrogens with zero attached hydrogens (tertiary/aromatic N) is 2. The molecule has 1 aliphatic carbocycles. The van der Waals surface area contributed by atoms with E-state index in [-0.39, 0.29) is 22.9 Å². The van der Waals surface area contributed by atoms with Crippen LogP contribution < -0.4 is 0 Å². The van der Waals surface area contributed by atoms with Crippen molar-refractivity contribution in [3.8, 4) is 0 Å². The molecule has 0 unspecified atom stereocenters. The van der Waals surface area contributed by atoms with Crippen LogP contribution in [0.3, 0.4) is 0 Å². The Hall–Kier alpha value is -1.44. The van der Waals surface area contributed by atoms with Crippen molar-refractivity contribution < 1.29 is 17.9 Å². The van der Waals surface area contributed by atoms with Gasteiger partial charge in [0.1, 0.15) is 6.04 Å². The topological polar surface area (TPSA) is 66.9 Å². The first-order chi connectivity index (χ1) is 13.0. The number of aryl methyl sites for hydroxylation is 1. The molecule has 7 heteroatoms. The van der Waals surface area contributed by atoms with Crippen molar-refractivity contribution in [1.82, 2.24) is 9.21 Å². The molecule has 0 N–H and O–H groups in total. The van der Waals surface area contributed by atoms with Gasteiger partial charge in [0.25, 0.3) is 0 Å². The zero-order chi connectivity index (χ0) is 19.0. The lowest BCUT2D eigenvalue weighted by Gasteiger charge is -2.45. The minimum atomic E-state index is -3.66. The van der Waals surface area contributed by atoms with Gasteiger partial charge >= 0.3 is 0 Å². The van der Waals surface area contributed by atoms with Gasteiger partial charge in [0.05, 0.1) is 23.6 Å². The average molecular weight is 393 g/mol. The standard InChI is InChI=1S/C20H28N2O4S/c1-15-8-10-16(11-9-15)27(24,25)22-12-4-6-18(22)20(23)21-13-14-26-19-7-3-2-5-17(19)21/h8-11,17-19H,2-7,12-14H2,1H3/t17-,18+,19-/m1/s1. The highest BCUT2D eigenvalue weighted by atomic mass is 32.2. The highest BCUT2D eigenvalue weighted by molar-refractivity contribution is 7.89. The van der Waals surface area contributed by atoms with Crippen molar-refractivity contribution in [2.75, 3.05) is 19.7 Å². The molecule has 1 aromatic rings. The van der Waals surface area contributed by atoms with Crippen LogP contribution in [-0.4, -0.2) is 61.4 Å². The van der Waals surface area contributed by atoms with Crippen molar-refractivity contribution in [3.63, 3.8) is 0 Å². The van der Waals surface area contributed by atoms with Crippen molar-refractivity contribution in [1.29, 1.82) is 0 Å². The number of sulfonamides is 1. The van der Waals surface area contributed by atoms with Gasteiger partial charge in [-0.1, -0.05) is 30.5 Å². The Kier molecular flexibility index (Phi) is 5.27. The summed E-state index contributed by atoms with van der Waals surface area (Å²) in [6, 6.07) is 6.39. The van der Waals surface area contributed by atoms with E-state index in [4.69, 9.17) is 4.74 Å². The second-order valence-corrected chi connectivity index (χ2v) is 9.77. The molecular formula is C20H28N2O4S. The molecule has 3 atom stereocenters. The predicted molar refractivity (Wildman–Crippen MR) is 102 cm³/mol. The lowest BCUT2D eigenvalue weighted by Crippen LogP contribution is -2.59. The van der Waals surface area contributed by atoms with Gasteiger partial charge in [0.15, 0.2) is 0 Å². The van der Waals surface area contributed by atoms with Gasteiger partial charge in [0, 0.05) is 13.1 Å². The van der Waals surface area contributed by atoms with Gasteiger partial charge < -0.3 is 9.64 Å². The van der Waals surface area contributed by atoms with E-state index in [0.29, 0.717) is 26.1 Å². The molecule has 0 radical (unpaired) electrons. The van der Waals surface area contributed by atoms with Crippen LogP contribution in [0.4, 0.5) is 0 Å². The third-order valence-electron chi connectivity index (χ3n) is 6.13. The van der Waals surface area contributed by atoms with Crippen LogP contribution in [0, 0.1) is 6.92 Å². The molecule has 2 aliphatic heterocycles. The van der Waals surface area contributed by atoms with E-state index in [1.165, 1.54) is 4.31 Å². The van der Waals surface area contributed by atoms with Gasteiger partial charge in [-0.3, -0.25) is 4.79 Å². The smallest absolute Gasteiger partial charge is 0.243 e. The number of rotatable bonds is 3. The molecule has 0 spiro atoms. The number of carbonyl (C=O) groups excluding carboxylic acids is 1. The van der Waals surface area contributed by atoms with E-state index >= 15 is 0 Å².